The highest BCUT2D eigenvalue weighted by molar-refractivity contribution is 5.94. The van der Waals surface area contributed by atoms with Crippen molar-refractivity contribution in [3.05, 3.63) is 29.3 Å². The number of piperidine rings is 3. The molecular formula is C18H24N2O2. The SMILES string of the molecule is CC1CC2CCN1CC2NC(=O)c1ccc2c(c1)CCCO2. The Morgan fingerprint density at radius 1 is 1.41 bits per heavy atom. The number of rotatable bonds is 2. The molecule has 1 amide bonds. The van der Waals surface area contributed by atoms with Crippen molar-refractivity contribution in [1.29, 1.82) is 0 Å². The number of carbonyl (C=O) groups is 1. The van der Waals surface area contributed by atoms with Crippen molar-refractivity contribution in [2.24, 2.45) is 5.92 Å². The van der Waals surface area contributed by atoms with E-state index in [0.717, 1.165) is 37.3 Å². The molecule has 5 rings (SSSR count). The van der Waals surface area contributed by atoms with Crippen molar-refractivity contribution in [2.75, 3.05) is 19.7 Å². The summed E-state index contributed by atoms with van der Waals surface area (Å²) in [6.45, 7) is 5.28. The van der Waals surface area contributed by atoms with Gasteiger partial charge in [-0.3, -0.25) is 9.69 Å². The molecular weight excluding hydrogens is 276 g/mol. The molecule has 118 valence electrons. The van der Waals surface area contributed by atoms with Crippen LogP contribution in [-0.2, 0) is 6.42 Å². The summed E-state index contributed by atoms with van der Waals surface area (Å²) in [4.78, 5) is 15.1. The van der Waals surface area contributed by atoms with Crippen LogP contribution in [0.3, 0.4) is 0 Å². The highest BCUT2D eigenvalue weighted by atomic mass is 16.5. The third-order valence-corrected chi connectivity index (χ3v) is 5.54. The smallest absolute Gasteiger partial charge is 0.251 e. The monoisotopic (exact) mass is 300 g/mol. The van der Waals surface area contributed by atoms with Crippen LogP contribution in [0.25, 0.3) is 0 Å². The highest BCUT2D eigenvalue weighted by Gasteiger charge is 2.38. The lowest BCUT2D eigenvalue weighted by Gasteiger charge is -2.48. The van der Waals surface area contributed by atoms with Crippen LogP contribution in [0.5, 0.6) is 5.75 Å². The Bertz CT molecular complexity index is 586. The number of benzene rings is 1. The third kappa shape index (κ3) is 2.50. The van der Waals surface area contributed by atoms with Crippen LogP contribution in [0.4, 0.5) is 0 Å². The number of amides is 1. The number of hydrogen-bond donors (Lipinski definition) is 1. The summed E-state index contributed by atoms with van der Waals surface area (Å²) < 4.78 is 5.62. The van der Waals surface area contributed by atoms with Gasteiger partial charge in [0, 0.05) is 24.2 Å². The van der Waals surface area contributed by atoms with Crippen molar-refractivity contribution < 1.29 is 9.53 Å². The molecule has 0 saturated carbocycles. The second-order valence-corrected chi connectivity index (χ2v) is 6.98. The van der Waals surface area contributed by atoms with Crippen LogP contribution in [0.1, 0.15) is 42.1 Å². The van der Waals surface area contributed by atoms with Crippen molar-refractivity contribution in [2.45, 2.75) is 44.7 Å². The maximum absolute atomic E-state index is 12.6. The number of fused-ring (bicyclic) bond motifs is 4. The molecule has 0 aliphatic carbocycles. The zero-order valence-corrected chi connectivity index (χ0v) is 13.2. The Labute approximate surface area is 131 Å². The highest BCUT2D eigenvalue weighted by Crippen LogP contribution is 2.32. The summed E-state index contributed by atoms with van der Waals surface area (Å²) in [5.74, 6) is 1.66. The minimum Gasteiger partial charge on any atom is -0.493 e. The Morgan fingerprint density at radius 2 is 2.32 bits per heavy atom. The maximum atomic E-state index is 12.6. The average Bonchev–Trinajstić information content (AvgIpc) is 2.55. The Balaban J connectivity index is 1.46. The van der Waals surface area contributed by atoms with Crippen LogP contribution in [0.2, 0.25) is 0 Å². The maximum Gasteiger partial charge on any atom is 0.251 e. The predicted molar refractivity (Wildman–Crippen MR) is 85.3 cm³/mol. The summed E-state index contributed by atoms with van der Waals surface area (Å²) in [6, 6.07) is 6.83. The van der Waals surface area contributed by atoms with Crippen molar-refractivity contribution in [3.8, 4) is 5.75 Å². The normalized spacial score (nSPS) is 33.0. The molecule has 4 heteroatoms. The van der Waals surface area contributed by atoms with Gasteiger partial charge < -0.3 is 10.1 Å². The van der Waals surface area contributed by atoms with E-state index in [4.69, 9.17) is 4.74 Å². The molecule has 4 atom stereocenters. The topological polar surface area (TPSA) is 41.6 Å². The fraction of sp³-hybridized carbons (Fsp3) is 0.611. The number of ether oxygens (including phenoxy) is 1. The van der Waals surface area contributed by atoms with E-state index in [1.165, 1.54) is 24.9 Å². The Morgan fingerprint density at radius 3 is 3.09 bits per heavy atom. The van der Waals surface area contributed by atoms with Gasteiger partial charge in [0.2, 0.25) is 0 Å². The molecule has 1 aromatic rings. The van der Waals surface area contributed by atoms with E-state index in [1.807, 2.05) is 18.2 Å². The van der Waals surface area contributed by atoms with E-state index in [9.17, 15) is 4.79 Å². The van der Waals surface area contributed by atoms with E-state index in [0.29, 0.717) is 18.0 Å². The Hall–Kier alpha value is -1.55. The van der Waals surface area contributed by atoms with Crippen LogP contribution in [0.15, 0.2) is 18.2 Å². The molecule has 22 heavy (non-hydrogen) atoms. The molecule has 4 aliphatic heterocycles. The lowest BCUT2D eigenvalue weighted by atomic mass is 9.80. The van der Waals surface area contributed by atoms with E-state index in [1.54, 1.807) is 0 Å². The predicted octanol–water partition coefficient (Wildman–Crippen LogP) is 2.22. The number of carbonyl (C=O) groups excluding carboxylic acids is 1. The van der Waals surface area contributed by atoms with Gasteiger partial charge in [0.1, 0.15) is 5.75 Å². The number of nitrogens with zero attached hydrogens (tertiary/aromatic N) is 1. The second-order valence-electron chi connectivity index (χ2n) is 6.98. The molecule has 1 N–H and O–H groups in total. The van der Waals surface area contributed by atoms with Gasteiger partial charge >= 0.3 is 0 Å². The van der Waals surface area contributed by atoms with E-state index >= 15 is 0 Å². The molecule has 0 spiro atoms. The molecule has 4 nitrogen and oxygen atoms in total. The fourth-order valence-corrected chi connectivity index (χ4v) is 4.21. The molecule has 4 aliphatic rings. The van der Waals surface area contributed by atoms with Gasteiger partial charge in [-0.1, -0.05) is 0 Å². The molecule has 3 saturated heterocycles. The quantitative estimate of drug-likeness (QED) is 0.910. The van der Waals surface area contributed by atoms with Gasteiger partial charge in [0.25, 0.3) is 5.91 Å². The summed E-state index contributed by atoms with van der Waals surface area (Å²) in [5, 5.41) is 3.27. The summed E-state index contributed by atoms with van der Waals surface area (Å²) in [7, 11) is 0. The number of hydrogen-bond acceptors (Lipinski definition) is 3. The van der Waals surface area contributed by atoms with Gasteiger partial charge in [-0.2, -0.15) is 0 Å². The van der Waals surface area contributed by atoms with Crippen LogP contribution < -0.4 is 10.1 Å². The zero-order valence-electron chi connectivity index (χ0n) is 13.2. The van der Waals surface area contributed by atoms with Gasteiger partial charge in [-0.25, -0.2) is 0 Å². The zero-order chi connectivity index (χ0) is 15.1. The first kappa shape index (κ1) is 14.1. The van der Waals surface area contributed by atoms with Crippen LogP contribution in [0, 0.1) is 5.92 Å². The fourth-order valence-electron chi connectivity index (χ4n) is 4.21. The largest absolute Gasteiger partial charge is 0.493 e. The van der Waals surface area contributed by atoms with E-state index in [-0.39, 0.29) is 5.91 Å². The van der Waals surface area contributed by atoms with Gasteiger partial charge in [0.15, 0.2) is 0 Å². The first-order valence-electron chi connectivity index (χ1n) is 8.51. The van der Waals surface area contributed by atoms with Crippen molar-refractivity contribution in [1.82, 2.24) is 10.2 Å². The molecule has 0 radical (unpaired) electrons. The van der Waals surface area contributed by atoms with Crippen molar-refractivity contribution >= 4 is 5.91 Å². The Kier molecular flexibility index (Phi) is 3.57. The van der Waals surface area contributed by atoms with Gasteiger partial charge in [-0.05, 0) is 68.8 Å². The van der Waals surface area contributed by atoms with Gasteiger partial charge in [0.05, 0.1) is 6.61 Å². The van der Waals surface area contributed by atoms with Crippen LogP contribution in [-0.4, -0.2) is 42.6 Å². The molecule has 2 bridgehead atoms. The standard InChI is InChI=1S/C18H24N2O2/c1-12-9-13-6-7-20(12)11-16(13)19-18(21)15-4-5-17-14(10-15)3-2-8-22-17/h4-5,10,12-13,16H,2-3,6-9,11H2,1H3,(H,19,21). The minimum atomic E-state index is 0.0692. The van der Waals surface area contributed by atoms with E-state index < -0.39 is 0 Å². The lowest BCUT2D eigenvalue weighted by molar-refractivity contribution is 0.0274. The second kappa shape index (κ2) is 5.58. The lowest BCUT2D eigenvalue weighted by Crippen LogP contribution is -2.60. The third-order valence-electron chi connectivity index (χ3n) is 5.54. The average molecular weight is 300 g/mol. The number of nitrogens with one attached hydrogen (secondary N) is 1. The molecule has 0 aromatic heterocycles. The number of aryl methyl sites for hydroxylation is 1. The summed E-state index contributed by atoms with van der Waals surface area (Å²) in [6.07, 6.45) is 4.47. The van der Waals surface area contributed by atoms with Gasteiger partial charge in [-0.15, -0.1) is 0 Å². The van der Waals surface area contributed by atoms with Crippen LogP contribution >= 0.6 is 0 Å². The molecule has 1 aromatic carbocycles. The first-order chi connectivity index (χ1) is 10.7. The van der Waals surface area contributed by atoms with E-state index in [2.05, 4.69) is 17.1 Å². The molecule has 3 fully saturated rings. The molecule has 4 heterocycles. The first-order valence-corrected chi connectivity index (χ1v) is 8.51. The summed E-state index contributed by atoms with van der Waals surface area (Å²) >= 11 is 0. The molecule has 4 unspecified atom stereocenters. The summed E-state index contributed by atoms with van der Waals surface area (Å²) in [5.41, 5.74) is 1.94. The minimum absolute atomic E-state index is 0.0692. The van der Waals surface area contributed by atoms with Crippen molar-refractivity contribution in [3.63, 3.8) is 0 Å².